The first-order valence-electron chi connectivity index (χ1n) is 8.46. The Bertz CT molecular complexity index is 984. The molecule has 0 saturated heterocycles. The van der Waals surface area contributed by atoms with Gasteiger partial charge in [-0.05, 0) is 31.0 Å². The number of methoxy groups -OCH3 is 1. The Morgan fingerprint density at radius 1 is 1.31 bits per heavy atom. The molecule has 0 bridgehead atoms. The van der Waals surface area contributed by atoms with Crippen LogP contribution in [0.1, 0.15) is 44.9 Å². The zero-order valence-electron chi connectivity index (χ0n) is 15.3. The fourth-order valence-electron chi connectivity index (χ4n) is 3.13. The standard InChI is InChI=1S/C19H22N4O3/c1-5-12-16(19(25)26-4)11(2)17(22-12)18(24)20-10-15-21-13-8-6-7-9-14(13)23(15)3/h6-9,22H,5,10H2,1-4H3,(H,20,24). The summed E-state index contributed by atoms with van der Waals surface area (Å²) in [5, 5.41) is 2.87. The molecule has 0 aliphatic carbocycles. The number of aromatic amines is 1. The molecule has 3 rings (SSSR count). The van der Waals surface area contributed by atoms with E-state index in [2.05, 4.69) is 15.3 Å². The number of ether oxygens (including phenoxy) is 1. The molecule has 2 aromatic heterocycles. The van der Waals surface area contributed by atoms with E-state index >= 15 is 0 Å². The van der Waals surface area contributed by atoms with E-state index in [9.17, 15) is 9.59 Å². The van der Waals surface area contributed by atoms with Crippen molar-refractivity contribution >= 4 is 22.9 Å². The molecule has 7 nitrogen and oxygen atoms in total. The lowest BCUT2D eigenvalue weighted by Crippen LogP contribution is -2.25. The molecule has 0 saturated carbocycles. The third-order valence-electron chi connectivity index (χ3n) is 4.58. The summed E-state index contributed by atoms with van der Waals surface area (Å²) in [4.78, 5) is 32.2. The van der Waals surface area contributed by atoms with Gasteiger partial charge in [-0.25, -0.2) is 9.78 Å². The lowest BCUT2D eigenvalue weighted by Gasteiger charge is -2.06. The number of aromatic nitrogens is 3. The van der Waals surface area contributed by atoms with E-state index in [4.69, 9.17) is 4.74 Å². The Labute approximate surface area is 151 Å². The molecule has 0 atom stereocenters. The Balaban J connectivity index is 1.83. The zero-order chi connectivity index (χ0) is 18.8. The molecule has 0 unspecified atom stereocenters. The minimum absolute atomic E-state index is 0.278. The zero-order valence-corrected chi connectivity index (χ0v) is 15.3. The topological polar surface area (TPSA) is 89.0 Å². The fourth-order valence-corrected chi connectivity index (χ4v) is 3.13. The molecule has 1 amide bonds. The van der Waals surface area contributed by atoms with E-state index in [0.29, 0.717) is 28.9 Å². The Morgan fingerprint density at radius 2 is 2.04 bits per heavy atom. The van der Waals surface area contributed by atoms with Crippen molar-refractivity contribution in [2.24, 2.45) is 7.05 Å². The summed E-state index contributed by atoms with van der Waals surface area (Å²) in [6.07, 6.45) is 0.601. The van der Waals surface area contributed by atoms with Crippen LogP contribution in [0.25, 0.3) is 11.0 Å². The van der Waals surface area contributed by atoms with Crippen LogP contribution in [-0.4, -0.2) is 33.5 Å². The van der Waals surface area contributed by atoms with Crippen molar-refractivity contribution in [1.82, 2.24) is 19.9 Å². The van der Waals surface area contributed by atoms with Crippen LogP contribution < -0.4 is 5.32 Å². The number of para-hydroxylation sites is 2. The van der Waals surface area contributed by atoms with Crippen molar-refractivity contribution < 1.29 is 14.3 Å². The van der Waals surface area contributed by atoms with E-state index in [1.54, 1.807) is 6.92 Å². The Kier molecular flexibility index (Phi) is 4.79. The number of carbonyl (C=O) groups excluding carboxylic acids is 2. The van der Waals surface area contributed by atoms with Crippen molar-refractivity contribution in [3.8, 4) is 0 Å². The van der Waals surface area contributed by atoms with Crippen LogP contribution in [0.4, 0.5) is 0 Å². The minimum atomic E-state index is -0.440. The number of esters is 1. The Morgan fingerprint density at radius 3 is 2.69 bits per heavy atom. The monoisotopic (exact) mass is 354 g/mol. The maximum absolute atomic E-state index is 12.6. The van der Waals surface area contributed by atoms with Gasteiger partial charge < -0.3 is 19.6 Å². The lowest BCUT2D eigenvalue weighted by atomic mass is 10.1. The van der Waals surface area contributed by atoms with Crippen molar-refractivity contribution in [2.45, 2.75) is 26.8 Å². The van der Waals surface area contributed by atoms with Gasteiger partial charge in [0.25, 0.3) is 5.91 Å². The third kappa shape index (κ3) is 2.96. The second kappa shape index (κ2) is 7.03. The highest BCUT2D eigenvalue weighted by Gasteiger charge is 2.23. The van der Waals surface area contributed by atoms with Crippen LogP contribution >= 0.6 is 0 Å². The molecular weight excluding hydrogens is 332 g/mol. The van der Waals surface area contributed by atoms with Crippen molar-refractivity contribution in [2.75, 3.05) is 7.11 Å². The number of aryl methyl sites for hydroxylation is 2. The third-order valence-corrected chi connectivity index (χ3v) is 4.58. The van der Waals surface area contributed by atoms with Crippen LogP contribution in [0.5, 0.6) is 0 Å². The van der Waals surface area contributed by atoms with E-state index in [1.807, 2.05) is 42.8 Å². The molecule has 26 heavy (non-hydrogen) atoms. The summed E-state index contributed by atoms with van der Waals surface area (Å²) in [5.41, 5.74) is 3.99. The van der Waals surface area contributed by atoms with Crippen LogP contribution in [0.15, 0.2) is 24.3 Å². The largest absolute Gasteiger partial charge is 0.465 e. The molecule has 0 aliphatic heterocycles. The van der Waals surface area contributed by atoms with Gasteiger partial charge in [0.1, 0.15) is 11.5 Å². The maximum Gasteiger partial charge on any atom is 0.339 e. The van der Waals surface area contributed by atoms with Gasteiger partial charge in [0.05, 0.1) is 30.3 Å². The predicted molar refractivity (Wildman–Crippen MR) is 98.1 cm³/mol. The maximum atomic E-state index is 12.6. The van der Waals surface area contributed by atoms with Gasteiger partial charge in [-0.3, -0.25) is 4.79 Å². The quantitative estimate of drug-likeness (QED) is 0.689. The Hall–Kier alpha value is -3.09. The molecular formula is C19H22N4O3. The van der Waals surface area contributed by atoms with E-state index in [-0.39, 0.29) is 12.5 Å². The predicted octanol–water partition coefficient (Wildman–Crippen LogP) is 2.49. The number of amides is 1. The first kappa shape index (κ1) is 17.7. The highest BCUT2D eigenvalue weighted by Crippen LogP contribution is 2.20. The van der Waals surface area contributed by atoms with Crippen molar-refractivity contribution in [3.63, 3.8) is 0 Å². The average molecular weight is 354 g/mol. The molecule has 136 valence electrons. The highest BCUT2D eigenvalue weighted by atomic mass is 16.5. The normalized spacial score (nSPS) is 10.9. The summed E-state index contributed by atoms with van der Waals surface area (Å²) < 4.78 is 6.78. The number of benzene rings is 1. The van der Waals surface area contributed by atoms with E-state index < -0.39 is 5.97 Å². The van der Waals surface area contributed by atoms with Gasteiger partial charge in [0, 0.05) is 12.7 Å². The number of fused-ring (bicyclic) bond motifs is 1. The van der Waals surface area contributed by atoms with Crippen LogP contribution in [0.2, 0.25) is 0 Å². The van der Waals surface area contributed by atoms with Gasteiger partial charge in [-0.1, -0.05) is 19.1 Å². The number of hydrogen-bond donors (Lipinski definition) is 2. The van der Waals surface area contributed by atoms with Crippen molar-refractivity contribution in [3.05, 3.63) is 52.6 Å². The average Bonchev–Trinajstić information content (AvgIpc) is 3.16. The van der Waals surface area contributed by atoms with Crippen LogP contribution in [-0.2, 0) is 24.8 Å². The summed E-state index contributed by atoms with van der Waals surface area (Å²) in [5.74, 6) is 0.0390. The lowest BCUT2D eigenvalue weighted by molar-refractivity contribution is 0.0599. The number of nitrogens with zero attached hydrogens (tertiary/aromatic N) is 2. The number of hydrogen-bond acceptors (Lipinski definition) is 4. The number of rotatable bonds is 5. The highest BCUT2D eigenvalue weighted by molar-refractivity contribution is 6.00. The van der Waals surface area contributed by atoms with Crippen LogP contribution in [0, 0.1) is 6.92 Å². The second-order valence-corrected chi connectivity index (χ2v) is 6.08. The number of nitrogens with one attached hydrogen (secondary N) is 2. The number of imidazole rings is 1. The summed E-state index contributed by atoms with van der Waals surface area (Å²) in [7, 11) is 3.25. The smallest absolute Gasteiger partial charge is 0.339 e. The number of carbonyl (C=O) groups is 2. The number of H-pyrrole nitrogens is 1. The molecule has 0 aliphatic rings. The SMILES string of the molecule is CCc1[nH]c(C(=O)NCc2nc3ccccc3n2C)c(C)c1C(=O)OC. The first-order valence-corrected chi connectivity index (χ1v) is 8.46. The van der Waals surface area contributed by atoms with Gasteiger partial charge in [-0.2, -0.15) is 0 Å². The molecule has 0 radical (unpaired) electrons. The summed E-state index contributed by atoms with van der Waals surface area (Å²) in [6, 6.07) is 7.81. The molecule has 0 spiro atoms. The molecule has 2 heterocycles. The minimum Gasteiger partial charge on any atom is -0.465 e. The van der Waals surface area contributed by atoms with Gasteiger partial charge in [0.15, 0.2) is 0 Å². The van der Waals surface area contributed by atoms with Gasteiger partial charge in [-0.15, -0.1) is 0 Å². The molecule has 3 aromatic rings. The summed E-state index contributed by atoms with van der Waals surface area (Å²) in [6.45, 7) is 3.95. The van der Waals surface area contributed by atoms with Crippen molar-refractivity contribution in [1.29, 1.82) is 0 Å². The molecule has 0 fully saturated rings. The summed E-state index contributed by atoms with van der Waals surface area (Å²) >= 11 is 0. The molecule has 2 N–H and O–H groups in total. The second-order valence-electron chi connectivity index (χ2n) is 6.08. The van der Waals surface area contributed by atoms with E-state index in [0.717, 1.165) is 16.9 Å². The van der Waals surface area contributed by atoms with E-state index in [1.165, 1.54) is 7.11 Å². The molecule has 7 heteroatoms. The van der Waals surface area contributed by atoms with Gasteiger partial charge >= 0.3 is 5.97 Å². The molecule has 1 aromatic carbocycles. The fraction of sp³-hybridized carbons (Fsp3) is 0.316. The van der Waals surface area contributed by atoms with Crippen LogP contribution in [0.3, 0.4) is 0 Å². The first-order chi connectivity index (χ1) is 12.5. The van der Waals surface area contributed by atoms with Gasteiger partial charge in [0.2, 0.25) is 0 Å².